The topological polar surface area (TPSA) is 64.3 Å². The average Bonchev–Trinajstić information content (AvgIpc) is 2.61. The number of thiophene rings is 1. The zero-order chi connectivity index (χ0) is 9.68. The molecule has 0 atom stereocenters. The van der Waals surface area contributed by atoms with Crippen LogP contribution in [0.4, 0.5) is 0 Å². The molecule has 0 aliphatic heterocycles. The molecule has 0 bridgehead atoms. The molecule has 5 heteroatoms. The van der Waals surface area contributed by atoms with Gasteiger partial charge in [0.25, 0.3) is 5.91 Å². The minimum absolute atomic E-state index is 0.127. The predicted molar refractivity (Wildman–Crippen MR) is 52.3 cm³/mol. The molecule has 0 radical (unpaired) electrons. The Morgan fingerprint density at radius 3 is 3.15 bits per heavy atom. The van der Waals surface area contributed by atoms with Gasteiger partial charge in [0.1, 0.15) is 10.6 Å². The van der Waals surface area contributed by atoms with Gasteiger partial charge >= 0.3 is 0 Å². The van der Waals surface area contributed by atoms with Crippen molar-refractivity contribution in [2.45, 2.75) is 0 Å². The largest absolute Gasteiger partial charge is 0.495 e. The van der Waals surface area contributed by atoms with Crippen LogP contribution in [-0.4, -0.2) is 26.1 Å². The molecule has 72 valence electrons. The lowest BCUT2D eigenvalue weighted by atomic mass is 10.4. The molecule has 13 heavy (non-hydrogen) atoms. The first-order chi connectivity index (χ1) is 6.29. The highest BCUT2D eigenvalue weighted by Crippen LogP contribution is 2.23. The first kappa shape index (κ1) is 10.0. The van der Waals surface area contributed by atoms with Crippen LogP contribution >= 0.6 is 11.3 Å². The number of amides is 1. The fraction of sp³-hybridized carbons (Fsp3) is 0.375. The Morgan fingerprint density at radius 2 is 2.54 bits per heavy atom. The molecule has 0 aromatic carbocycles. The van der Waals surface area contributed by atoms with Crippen molar-refractivity contribution in [2.24, 2.45) is 5.73 Å². The molecule has 3 N–H and O–H groups in total. The summed E-state index contributed by atoms with van der Waals surface area (Å²) >= 11 is 1.35. The van der Waals surface area contributed by atoms with Gasteiger partial charge < -0.3 is 15.8 Å². The lowest BCUT2D eigenvalue weighted by Crippen LogP contribution is -2.28. The molecule has 0 saturated heterocycles. The number of ether oxygens (including phenoxy) is 1. The van der Waals surface area contributed by atoms with E-state index in [0.717, 1.165) is 0 Å². The maximum atomic E-state index is 11.4. The van der Waals surface area contributed by atoms with E-state index < -0.39 is 0 Å². The lowest BCUT2D eigenvalue weighted by molar-refractivity contribution is 0.0956. The molecule has 0 unspecified atom stereocenters. The summed E-state index contributed by atoms with van der Waals surface area (Å²) in [6.07, 6.45) is 0. The Morgan fingerprint density at radius 1 is 1.77 bits per heavy atom. The van der Waals surface area contributed by atoms with Crippen molar-refractivity contribution >= 4 is 17.2 Å². The number of carbonyl (C=O) groups excluding carboxylic acids is 1. The second kappa shape index (κ2) is 4.84. The van der Waals surface area contributed by atoms with Gasteiger partial charge in [-0.2, -0.15) is 0 Å². The molecule has 0 spiro atoms. The zero-order valence-electron chi connectivity index (χ0n) is 7.37. The van der Waals surface area contributed by atoms with E-state index in [4.69, 9.17) is 10.5 Å². The number of nitrogens with two attached hydrogens (primary N) is 1. The van der Waals surface area contributed by atoms with Crippen molar-refractivity contribution in [2.75, 3.05) is 20.2 Å². The van der Waals surface area contributed by atoms with E-state index in [-0.39, 0.29) is 5.91 Å². The van der Waals surface area contributed by atoms with Crippen molar-refractivity contribution in [1.82, 2.24) is 5.32 Å². The Kier molecular flexibility index (Phi) is 3.72. The number of hydrogen-bond donors (Lipinski definition) is 2. The monoisotopic (exact) mass is 200 g/mol. The summed E-state index contributed by atoms with van der Waals surface area (Å²) in [4.78, 5) is 12.0. The van der Waals surface area contributed by atoms with Gasteiger partial charge in [0, 0.05) is 13.1 Å². The molecule has 1 heterocycles. The van der Waals surface area contributed by atoms with Crippen molar-refractivity contribution in [3.05, 3.63) is 16.3 Å². The van der Waals surface area contributed by atoms with Crippen LogP contribution in [0.15, 0.2) is 11.4 Å². The van der Waals surface area contributed by atoms with Gasteiger partial charge in [0.05, 0.1) is 7.11 Å². The summed E-state index contributed by atoms with van der Waals surface area (Å²) in [5.41, 5.74) is 5.26. The SMILES string of the molecule is COc1ccsc1C(=O)NCCN. The number of nitrogens with one attached hydrogen (secondary N) is 1. The number of carbonyl (C=O) groups is 1. The summed E-state index contributed by atoms with van der Waals surface area (Å²) in [6.45, 7) is 0.930. The summed E-state index contributed by atoms with van der Waals surface area (Å²) in [5.74, 6) is 0.483. The van der Waals surface area contributed by atoms with E-state index in [0.29, 0.717) is 23.7 Å². The fourth-order valence-electron chi connectivity index (χ4n) is 0.890. The van der Waals surface area contributed by atoms with Gasteiger partial charge in [-0.25, -0.2) is 0 Å². The number of hydrogen-bond acceptors (Lipinski definition) is 4. The van der Waals surface area contributed by atoms with E-state index in [2.05, 4.69) is 5.32 Å². The Labute approximate surface area is 80.7 Å². The molecule has 0 saturated carbocycles. The van der Waals surface area contributed by atoms with Crippen molar-refractivity contribution in [3.8, 4) is 5.75 Å². The molecule has 1 aromatic heterocycles. The number of rotatable bonds is 4. The maximum absolute atomic E-state index is 11.4. The maximum Gasteiger partial charge on any atom is 0.265 e. The first-order valence-electron chi connectivity index (χ1n) is 3.89. The molecule has 0 aliphatic carbocycles. The van der Waals surface area contributed by atoms with Gasteiger partial charge in [-0.15, -0.1) is 11.3 Å². The van der Waals surface area contributed by atoms with E-state index in [1.807, 2.05) is 5.38 Å². The Bertz CT molecular complexity index is 285. The van der Waals surface area contributed by atoms with E-state index in [1.165, 1.54) is 11.3 Å². The highest BCUT2D eigenvalue weighted by atomic mass is 32.1. The van der Waals surface area contributed by atoms with Gasteiger partial charge in [0.2, 0.25) is 0 Å². The molecule has 1 amide bonds. The van der Waals surface area contributed by atoms with Gasteiger partial charge in [-0.05, 0) is 11.4 Å². The third kappa shape index (κ3) is 2.43. The fourth-order valence-corrected chi connectivity index (χ4v) is 1.66. The van der Waals surface area contributed by atoms with Crippen LogP contribution in [-0.2, 0) is 0 Å². The highest BCUT2D eigenvalue weighted by molar-refractivity contribution is 7.12. The third-order valence-corrected chi connectivity index (χ3v) is 2.38. The van der Waals surface area contributed by atoms with Crippen LogP contribution in [0.1, 0.15) is 9.67 Å². The van der Waals surface area contributed by atoms with Crippen LogP contribution in [0.5, 0.6) is 5.75 Å². The zero-order valence-corrected chi connectivity index (χ0v) is 8.19. The minimum atomic E-state index is -0.127. The molecule has 1 rings (SSSR count). The van der Waals surface area contributed by atoms with E-state index in [9.17, 15) is 4.79 Å². The molecular weight excluding hydrogens is 188 g/mol. The molecule has 4 nitrogen and oxygen atoms in total. The summed E-state index contributed by atoms with van der Waals surface area (Å²) < 4.78 is 5.00. The van der Waals surface area contributed by atoms with Crippen LogP contribution in [0.3, 0.4) is 0 Å². The molecule has 1 aromatic rings. The predicted octanol–water partition coefficient (Wildman–Crippen LogP) is 0.445. The summed E-state index contributed by atoms with van der Waals surface area (Å²) in [6, 6.07) is 1.77. The van der Waals surface area contributed by atoms with Crippen LogP contribution in [0.2, 0.25) is 0 Å². The van der Waals surface area contributed by atoms with Crippen molar-refractivity contribution < 1.29 is 9.53 Å². The second-order valence-corrected chi connectivity index (χ2v) is 3.28. The summed E-state index contributed by atoms with van der Waals surface area (Å²) in [7, 11) is 1.54. The highest BCUT2D eigenvalue weighted by Gasteiger charge is 2.12. The smallest absolute Gasteiger partial charge is 0.265 e. The lowest BCUT2D eigenvalue weighted by Gasteiger charge is -2.02. The average molecular weight is 200 g/mol. The second-order valence-electron chi connectivity index (χ2n) is 2.36. The van der Waals surface area contributed by atoms with Gasteiger partial charge in [-0.1, -0.05) is 0 Å². The van der Waals surface area contributed by atoms with Crippen LogP contribution in [0.25, 0.3) is 0 Å². The quantitative estimate of drug-likeness (QED) is 0.741. The molecule has 0 aliphatic rings. The standard InChI is InChI=1S/C8H12N2O2S/c1-12-6-2-5-13-7(6)8(11)10-4-3-9/h2,5H,3-4,9H2,1H3,(H,10,11). The Balaban J connectivity index is 2.65. The normalized spacial score (nSPS) is 9.69. The van der Waals surface area contributed by atoms with Crippen molar-refractivity contribution in [3.63, 3.8) is 0 Å². The van der Waals surface area contributed by atoms with Crippen molar-refractivity contribution in [1.29, 1.82) is 0 Å². The van der Waals surface area contributed by atoms with E-state index >= 15 is 0 Å². The number of methoxy groups -OCH3 is 1. The molecular formula is C8H12N2O2S. The van der Waals surface area contributed by atoms with Crippen LogP contribution in [0, 0.1) is 0 Å². The van der Waals surface area contributed by atoms with Crippen LogP contribution < -0.4 is 15.8 Å². The van der Waals surface area contributed by atoms with Gasteiger partial charge in [-0.3, -0.25) is 4.79 Å². The first-order valence-corrected chi connectivity index (χ1v) is 4.77. The molecule has 0 fully saturated rings. The Hall–Kier alpha value is -1.07. The third-order valence-electron chi connectivity index (χ3n) is 1.49. The summed E-state index contributed by atoms with van der Waals surface area (Å²) in [5, 5.41) is 4.49. The van der Waals surface area contributed by atoms with E-state index in [1.54, 1.807) is 13.2 Å². The minimum Gasteiger partial charge on any atom is -0.495 e. The van der Waals surface area contributed by atoms with Gasteiger partial charge in [0.15, 0.2) is 0 Å².